The SMILES string of the molecule is CC(=O)N1CCC(C(=O)N2CCCC2c2ccc3c(c2)OCCO3)CC1. The third-order valence-electron chi connectivity index (χ3n) is 5.78. The van der Waals surface area contributed by atoms with E-state index >= 15 is 0 Å². The van der Waals surface area contributed by atoms with E-state index in [1.807, 2.05) is 21.9 Å². The summed E-state index contributed by atoms with van der Waals surface area (Å²) in [5.74, 6) is 1.94. The quantitative estimate of drug-likeness (QED) is 0.814. The molecule has 26 heavy (non-hydrogen) atoms. The maximum absolute atomic E-state index is 13.1. The highest BCUT2D eigenvalue weighted by molar-refractivity contribution is 5.80. The number of benzene rings is 1. The molecule has 3 heterocycles. The predicted octanol–water partition coefficient (Wildman–Crippen LogP) is 2.38. The van der Waals surface area contributed by atoms with Crippen molar-refractivity contribution in [2.24, 2.45) is 5.92 Å². The van der Waals surface area contributed by atoms with Crippen LogP contribution >= 0.6 is 0 Å². The Morgan fingerprint density at radius 1 is 1.00 bits per heavy atom. The van der Waals surface area contributed by atoms with Gasteiger partial charge in [0.1, 0.15) is 13.2 Å². The van der Waals surface area contributed by atoms with Gasteiger partial charge < -0.3 is 19.3 Å². The molecule has 0 N–H and O–H groups in total. The van der Waals surface area contributed by atoms with Crippen molar-refractivity contribution in [2.75, 3.05) is 32.8 Å². The number of hydrogen-bond acceptors (Lipinski definition) is 4. The third-order valence-corrected chi connectivity index (χ3v) is 5.78. The molecule has 3 aliphatic rings. The van der Waals surface area contributed by atoms with Crippen LogP contribution < -0.4 is 9.47 Å². The van der Waals surface area contributed by atoms with Gasteiger partial charge in [-0.15, -0.1) is 0 Å². The molecule has 2 fully saturated rings. The molecule has 2 saturated heterocycles. The zero-order valence-electron chi connectivity index (χ0n) is 15.3. The maximum Gasteiger partial charge on any atom is 0.226 e. The first kappa shape index (κ1) is 17.2. The van der Waals surface area contributed by atoms with Gasteiger partial charge in [0, 0.05) is 32.5 Å². The molecule has 1 unspecified atom stereocenters. The van der Waals surface area contributed by atoms with Crippen LogP contribution in [0.4, 0.5) is 0 Å². The van der Waals surface area contributed by atoms with Gasteiger partial charge in [-0.3, -0.25) is 9.59 Å². The molecule has 3 aliphatic heterocycles. The summed E-state index contributed by atoms with van der Waals surface area (Å²) in [4.78, 5) is 28.5. The number of fused-ring (bicyclic) bond motifs is 1. The fourth-order valence-electron chi connectivity index (χ4n) is 4.32. The van der Waals surface area contributed by atoms with Crippen LogP contribution in [0.1, 0.15) is 44.2 Å². The van der Waals surface area contributed by atoms with Crippen LogP contribution in [0.5, 0.6) is 11.5 Å². The van der Waals surface area contributed by atoms with Crippen LogP contribution in [-0.2, 0) is 9.59 Å². The van der Waals surface area contributed by atoms with E-state index in [0.29, 0.717) is 26.3 Å². The second-order valence-electron chi connectivity index (χ2n) is 7.37. The van der Waals surface area contributed by atoms with Gasteiger partial charge in [-0.05, 0) is 43.4 Å². The number of nitrogens with zero attached hydrogens (tertiary/aromatic N) is 2. The highest BCUT2D eigenvalue weighted by Gasteiger charge is 2.36. The van der Waals surface area contributed by atoms with Gasteiger partial charge >= 0.3 is 0 Å². The average Bonchev–Trinajstić information content (AvgIpc) is 3.17. The number of rotatable bonds is 2. The Morgan fingerprint density at radius 2 is 1.73 bits per heavy atom. The van der Waals surface area contributed by atoms with Crippen molar-refractivity contribution in [1.29, 1.82) is 0 Å². The molecule has 4 rings (SSSR count). The Morgan fingerprint density at radius 3 is 2.46 bits per heavy atom. The topological polar surface area (TPSA) is 59.1 Å². The van der Waals surface area contributed by atoms with Crippen molar-refractivity contribution in [3.8, 4) is 11.5 Å². The highest BCUT2D eigenvalue weighted by Crippen LogP contribution is 2.39. The Balaban J connectivity index is 1.46. The lowest BCUT2D eigenvalue weighted by molar-refractivity contribution is -0.140. The summed E-state index contributed by atoms with van der Waals surface area (Å²) in [6.45, 7) is 4.94. The summed E-state index contributed by atoms with van der Waals surface area (Å²) in [5.41, 5.74) is 1.13. The fraction of sp³-hybridized carbons (Fsp3) is 0.600. The second kappa shape index (κ2) is 7.17. The van der Waals surface area contributed by atoms with Gasteiger partial charge in [0.05, 0.1) is 6.04 Å². The molecule has 6 heteroatoms. The molecule has 0 aliphatic carbocycles. The molecule has 2 amide bonds. The summed E-state index contributed by atoms with van der Waals surface area (Å²) in [5, 5.41) is 0. The molecule has 0 aromatic heterocycles. The van der Waals surface area contributed by atoms with E-state index in [9.17, 15) is 9.59 Å². The Labute approximate surface area is 154 Å². The molecular formula is C20H26N2O4. The maximum atomic E-state index is 13.1. The van der Waals surface area contributed by atoms with Gasteiger partial charge in [0.2, 0.25) is 11.8 Å². The largest absolute Gasteiger partial charge is 0.486 e. The third kappa shape index (κ3) is 3.24. The first-order chi connectivity index (χ1) is 12.6. The number of carbonyl (C=O) groups is 2. The van der Waals surface area contributed by atoms with Crippen molar-refractivity contribution in [1.82, 2.24) is 9.80 Å². The van der Waals surface area contributed by atoms with Crippen LogP contribution in [0, 0.1) is 5.92 Å². The van der Waals surface area contributed by atoms with Crippen LogP contribution in [0.3, 0.4) is 0 Å². The number of carbonyl (C=O) groups excluding carboxylic acids is 2. The van der Waals surface area contributed by atoms with Gasteiger partial charge in [0.25, 0.3) is 0 Å². The summed E-state index contributed by atoms with van der Waals surface area (Å²) >= 11 is 0. The van der Waals surface area contributed by atoms with Crippen molar-refractivity contribution in [3.63, 3.8) is 0 Å². The number of hydrogen-bond donors (Lipinski definition) is 0. The first-order valence-corrected chi connectivity index (χ1v) is 9.59. The summed E-state index contributed by atoms with van der Waals surface area (Å²) in [6, 6.07) is 6.16. The molecule has 0 saturated carbocycles. The van der Waals surface area contributed by atoms with E-state index in [4.69, 9.17) is 9.47 Å². The van der Waals surface area contributed by atoms with Crippen molar-refractivity contribution in [3.05, 3.63) is 23.8 Å². The van der Waals surface area contributed by atoms with Crippen LogP contribution in [0.15, 0.2) is 18.2 Å². The van der Waals surface area contributed by atoms with Gasteiger partial charge in [-0.2, -0.15) is 0 Å². The van der Waals surface area contributed by atoms with E-state index in [0.717, 1.165) is 49.3 Å². The van der Waals surface area contributed by atoms with Crippen LogP contribution in [0.25, 0.3) is 0 Å². The highest BCUT2D eigenvalue weighted by atomic mass is 16.6. The van der Waals surface area contributed by atoms with Crippen molar-refractivity contribution >= 4 is 11.8 Å². The zero-order valence-corrected chi connectivity index (χ0v) is 15.3. The number of likely N-dealkylation sites (tertiary alicyclic amines) is 2. The van der Waals surface area contributed by atoms with Crippen molar-refractivity contribution in [2.45, 2.75) is 38.6 Å². The average molecular weight is 358 g/mol. The van der Waals surface area contributed by atoms with E-state index in [1.54, 1.807) is 6.92 Å². The first-order valence-electron chi connectivity index (χ1n) is 9.59. The normalized spacial score (nSPS) is 23.2. The predicted molar refractivity (Wildman–Crippen MR) is 96.1 cm³/mol. The van der Waals surface area contributed by atoms with E-state index in [1.165, 1.54) is 0 Å². The van der Waals surface area contributed by atoms with Crippen molar-refractivity contribution < 1.29 is 19.1 Å². The lowest BCUT2D eigenvalue weighted by Crippen LogP contribution is -2.43. The minimum Gasteiger partial charge on any atom is -0.486 e. The second-order valence-corrected chi connectivity index (χ2v) is 7.37. The number of ether oxygens (including phenoxy) is 2. The number of amides is 2. The minimum atomic E-state index is 0.0309. The summed E-state index contributed by atoms with van der Waals surface area (Å²) in [6.07, 6.45) is 3.54. The molecule has 1 aromatic rings. The molecule has 140 valence electrons. The number of piperidine rings is 1. The zero-order chi connectivity index (χ0) is 18.1. The fourth-order valence-corrected chi connectivity index (χ4v) is 4.32. The standard InChI is InChI=1S/C20H26N2O4/c1-14(23)21-9-6-15(7-10-21)20(24)22-8-2-3-17(22)16-4-5-18-19(13-16)26-12-11-25-18/h4-5,13,15,17H,2-3,6-12H2,1H3. The van der Waals surface area contributed by atoms with E-state index in [-0.39, 0.29) is 23.8 Å². The van der Waals surface area contributed by atoms with Crippen LogP contribution in [0.2, 0.25) is 0 Å². The van der Waals surface area contributed by atoms with Gasteiger partial charge in [-0.25, -0.2) is 0 Å². The molecule has 6 nitrogen and oxygen atoms in total. The van der Waals surface area contributed by atoms with Gasteiger partial charge in [0.15, 0.2) is 11.5 Å². The Kier molecular flexibility index (Phi) is 4.74. The molecule has 0 bridgehead atoms. The lowest BCUT2D eigenvalue weighted by Gasteiger charge is -2.34. The van der Waals surface area contributed by atoms with Gasteiger partial charge in [-0.1, -0.05) is 6.07 Å². The Bertz CT molecular complexity index is 697. The monoisotopic (exact) mass is 358 g/mol. The molecule has 0 spiro atoms. The lowest BCUT2D eigenvalue weighted by atomic mass is 9.94. The van der Waals surface area contributed by atoms with Crippen LogP contribution in [-0.4, -0.2) is 54.5 Å². The Hall–Kier alpha value is -2.24. The summed E-state index contributed by atoms with van der Waals surface area (Å²) in [7, 11) is 0. The molecular weight excluding hydrogens is 332 g/mol. The van der Waals surface area contributed by atoms with E-state index in [2.05, 4.69) is 6.07 Å². The molecule has 1 atom stereocenters. The molecule has 1 aromatic carbocycles. The minimum absolute atomic E-state index is 0.0309. The van der Waals surface area contributed by atoms with E-state index < -0.39 is 0 Å². The smallest absolute Gasteiger partial charge is 0.226 e. The summed E-state index contributed by atoms with van der Waals surface area (Å²) < 4.78 is 11.3. The molecule has 0 radical (unpaired) electrons.